The second-order valence-electron chi connectivity index (χ2n) is 7.08. The van der Waals surface area contributed by atoms with Gasteiger partial charge in [-0.1, -0.05) is 29.8 Å². The lowest BCUT2D eigenvalue weighted by Gasteiger charge is -2.22. The van der Waals surface area contributed by atoms with Crippen LogP contribution in [0.4, 0.5) is 5.69 Å². The molecule has 0 fully saturated rings. The monoisotopic (exact) mass is 418 g/mol. The summed E-state index contributed by atoms with van der Waals surface area (Å²) in [5, 5.41) is 2.90. The van der Waals surface area contributed by atoms with Gasteiger partial charge in [-0.2, -0.15) is 0 Å². The zero-order valence-electron chi connectivity index (χ0n) is 17.3. The Morgan fingerprint density at radius 2 is 1.69 bits per heavy atom. The predicted molar refractivity (Wildman–Crippen MR) is 117 cm³/mol. The first-order chi connectivity index (χ1) is 13.8. The number of hydrogen-bond acceptors (Lipinski definition) is 4. The molecule has 2 rings (SSSR count). The van der Waals surface area contributed by atoms with Gasteiger partial charge in [0.1, 0.15) is 5.75 Å². The Morgan fingerprint density at radius 3 is 2.28 bits per heavy atom. The van der Waals surface area contributed by atoms with Gasteiger partial charge in [0, 0.05) is 19.5 Å². The second kappa shape index (κ2) is 10.9. The minimum absolute atomic E-state index is 0.0583. The van der Waals surface area contributed by atoms with Crippen LogP contribution in [0.5, 0.6) is 5.75 Å². The van der Waals surface area contributed by atoms with Gasteiger partial charge >= 0.3 is 0 Å². The first-order valence-corrected chi connectivity index (χ1v) is 11.6. The van der Waals surface area contributed by atoms with Crippen molar-refractivity contribution in [1.82, 2.24) is 5.32 Å². The van der Waals surface area contributed by atoms with Gasteiger partial charge < -0.3 is 10.1 Å². The summed E-state index contributed by atoms with van der Waals surface area (Å²) in [6, 6.07) is 15.2. The predicted octanol–water partition coefficient (Wildman–Crippen LogP) is 3.30. The molecule has 0 saturated carbocycles. The second-order valence-corrected chi connectivity index (χ2v) is 8.98. The molecule has 0 spiro atoms. The average Bonchev–Trinajstić information content (AvgIpc) is 2.69. The zero-order chi connectivity index (χ0) is 21.3. The van der Waals surface area contributed by atoms with Crippen molar-refractivity contribution in [3.63, 3.8) is 0 Å². The van der Waals surface area contributed by atoms with Gasteiger partial charge in [-0.3, -0.25) is 9.10 Å². The lowest BCUT2D eigenvalue weighted by atomic mass is 10.1. The Hall–Kier alpha value is -2.54. The van der Waals surface area contributed by atoms with Crippen molar-refractivity contribution in [2.24, 2.45) is 0 Å². The molecule has 29 heavy (non-hydrogen) atoms. The molecule has 2 aromatic carbocycles. The van der Waals surface area contributed by atoms with Gasteiger partial charge in [0.05, 0.1) is 19.1 Å². The third kappa shape index (κ3) is 7.77. The molecule has 6 nitrogen and oxygen atoms in total. The number of carbonyl (C=O) groups excluding carboxylic acids is 1. The van der Waals surface area contributed by atoms with Crippen LogP contribution in [0.15, 0.2) is 48.5 Å². The molecule has 0 aliphatic rings. The Balaban J connectivity index is 1.72. The fourth-order valence-corrected chi connectivity index (χ4v) is 3.95. The van der Waals surface area contributed by atoms with Crippen LogP contribution in [0, 0.1) is 6.92 Å². The van der Waals surface area contributed by atoms with Gasteiger partial charge in [-0.05, 0) is 56.0 Å². The van der Waals surface area contributed by atoms with E-state index < -0.39 is 10.0 Å². The smallest absolute Gasteiger partial charge is 0.232 e. The summed E-state index contributed by atoms with van der Waals surface area (Å²) in [6.45, 7) is 2.83. The molecule has 0 unspecified atom stereocenters. The van der Waals surface area contributed by atoms with Crippen molar-refractivity contribution in [1.29, 1.82) is 0 Å². The molecular formula is C22H30N2O4S. The van der Waals surface area contributed by atoms with Crippen molar-refractivity contribution in [3.05, 3.63) is 59.7 Å². The summed E-state index contributed by atoms with van der Waals surface area (Å²) in [5.41, 5.74) is 2.89. The Kier molecular flexibility index (Phi) is 8.51. The van der Waals surface area contributed by atoms with E-state index in [9.17, 15) is 13.2 Å². The van der Waals surface area contributed by atoms with Crippen molar-refractivity contribution in [2.75, 3.05) is 30.8 Å². The Labute approximate surface area is 173 Å². The maximum Gasteiger partial charge on any atom is 0.232 e. The lowest BCUT2D eigenvalue weighted by Crippen LogP contribution is -2.32. The minimum atomic E-state index is -3.39. The molecule has 1 N–H and O–H groups in total. The van der Waals surface area contributed by atoms with Gasteiger partial charge in [-0.15, -0.1) is 0 Å². The number of anilines is 1. The van der Waals surface area contributed by atoms with Crippen LogP contribution in [-0.4, -0.2) is 40.8 Å². The molecule has 0 atom stereocenters. The summed E-state index contributed by atoms with van der Waals surface area (Å²) < 4.78 is 30.7. The first kappa shape index (κ1) is 22.7. The standard InChI is InChI=1S/C22H30N2O4S/c1-18-8-12-20(13-9-18)24(29(3,26)27)17-5-7-22(25)23-16-4-6-19-10-14-21(28-2)15-11-19/h8-15H,4-7,16-17H2,1-3H3,(H,23,25). The lowest BCUT2D eigenvalue weighted by molar-refractivity contribution is -0.121. The van der Waals surface area contributed by atoms with E-state index in [1.54, 1.807) is 19.2 Å². The van der Waals surface area contributed by atoms with Crippen LogP contribution in [0.1, 0.15) is 30.4 Å². The number of amides is 1. The van der Waals surface area contributed by atoms with E-state index in [1.807, 2.05) is 43.3 Å². The van der Waals surface area contributed by atoms with Crippen molar-refractivity contribution >= 4 is 21.6 Å². The third-order valence-electron chi connectivity index (χ3n) is 4.61. The van der Waals surface area contributed by atoms with E-state index in [4.69, 9.17) is 4.74 Å². The van der Waals surface area contributed by atoms with Crippen LogP contribution in [0.3, 0.4) is 0 Å². The van der Waals surface area contributed by atoms with E-state index >= 15 is 0 Å². The molecule has 0 heterocycles. The van der Waals surface area contributed by atoms with Crippen LogP contribution in [0.25, 0.3) is 0 Å². The highest BCUT2D eigenvalue weighted by molar-refractivity contribution is 7.92. The fourth-order valence-electron chi connectivity index (χ4n) is 2.98. The molecule has 2 aromatic rings. The maximum atomic E-state index is 12.1. The number of benzene rings is 2. The van der Waals surface area contributed by atoms with Gasteiger partial charge in [0.25, 0.3) is 0 Å². The minimum Gasteiger partial charge on any atom is -0.497 e. The highest BCUT2D eigenvalue weighted by atomic mass is 32.2. The number of aryl methyl sites for hydroxylation is 2. The quantitative estimate of drug-likeness (QED) is 0.568. The number of nitrogens with zero attached hydrogens (tertiary/aromatic N) is 1. The molecular weight excluding hydrogens is 388 g/mol. The first-order valence-electron chi connectivity index (χ1n) is 9.73. The topological polar surface area (TPSA) is 75.7 Å². The van der Waals surface area contributed by atoms with E-state index in [0.717, 1.165) is 24.2 Å². The van der Waals surface area contributed by atoms with E-state index in [0.29, 0.717) is 25.1 Å². The molecule has 0 aromatic heterocycles. The van der Waals surface area contributed by atoms with E-state index in [-0.39, 0.29) is 12.5 Å². The molecule has 1 amide bonds. The summed E-state index contributed by atoms with van der Waals surface area (Å²) in [4.78, 5) is 12.1. The number of ether oxygens (including phenoxy) is 1. The number of methoxy groups -OCH3 is 1. The third-order valence-corrected chi connectivity index (χ3v) is 5.80. The largest absolute Gasteiger partial charge is 0.497 e. The molecule has 0 aliphatic carbocycles. The van der Waals surface area contributed by atoms with Crippen LogP contribution in [0.2, 0.25) is 0 Å². The van der Waals surface area contributed by atoms with Crippen LogP contribution >= 0.6 is 0 Å². The summed E-state index contributed by atoms with van der Waals surface area (Å²) in [7, 11) is -1.75. The van der Waals surface area contributed by atoms with Crippen molar-refractivity contribution in [3.8, 4) is 5.75 Å². The molecule has 0 aliphatic heterocycles. The van der Waals surface area contributed by atoms with Crippen LogP contribution in [-0.2, 0) is 21.2 Å². The van der Waals surface area contributed by atoms with Crippen LogP contribution < -0.4 is 14.4 Å². The van der Waals surface area contributed by atoms with Crippen molar-refractivity contribution < 1.29 is 17.9 Å². The SMILES string of the molecule is COc1ccc(CCCNC(=O)CCCN(c2ccc(C)cc2)S(C)(=O)=O)cc1. The summed E-state index contributed by atoms with van der Waals surface area (Å²) in [5.74, 6) is 0.771. The van der Waals surface area contributed by atoms with Gasteiger partial charge in [-0.25, -0.2) is 8.42 Å². The number of carbonyl (C=O) groups is 1. The molecule has 0 bridgehead atoms. The number of rotatable bonds is 11. The zero-order valence-corrected chi connectivity index (χ0v) is 18.2. The average molecular weight is 419 g/mol. The van der Waals surface area contributed by atoms with Gasteiger partial charge in [0.2, 0.25) is 15.9 Å². The highest BCUT2D eigenvalue weighted by Gasteiger charge is 2.17. The molecule has 158 valence electrons. The number of sulfonamides is 1. The fraction of sp³-hybridized carbons (Fsp3) is 0.409. The molecule has 0 saturated heterocycles. The Morgan fingerprint density at radius 1 is 1.03 bits per heavy atom. The molecule has 7 heteroatoms. The number of nitrogens with one attached hydrogen (secondary N) is 1. The normalized spacial score (nSPS) is 11.1. The van der Waals surface area contributed by atoms with E-state index in [2.05, 4.69) is 5.32 Å². The highest BCUT2D eigenvalue weighted by Crippen LogP contribution is 2.19. The summed E-state index contributed by atoms with van der Waals surface area (Å²) in [6.07, 6.45) is 3.66. The maximum absolute atomic E-state index is 12.1. The summed E-state index contributed by atoms with van der Waals surface area (Å²) >= 11 is 0. The molecule has 0 radical (unpaired) electrons. The van der Waals surface area contributed by atoms with Gasteiger partial charge in [0.15, 0.2) is 0 Å². The Bertz CT molecular complexity index is 878. The van der Waals surface area contributed by atoms with Crippen molar-refractivity contribution in [2.45, 2.75) is 32.6 Å². The number of hydrogen-bond donors (Lipinski definition) is 1. The van der Waals surface area contributed by atoms with E-state index in [1.165, 1.54) is 16.1 Å².